The molecular weight excluding hydrogens is 540 g/mol. The molecule has 0 radical (unpaired) electrons. The quantitative estimate of drug-likeness (QED) is 0.211. The van der Waals surface area contributed by atoms with Crippen LogP contribution >= 0.6 is 0 Å². The summed E-state index contributed by atoms with van der Waals surface area (Å²) in [5, 5.41) is 23.5. The summed E-state index contributed by atoms with van der Waals surface area (Å²) in [6.45, 7) is 3.04. The predicted octanol–water partition coefficient (Wildman–Crippen LogP) is 5.71. The Morgan fingerprint density at radius 3 is 2.12 bits per heavy atom. The van der Waals surface area contributed by atoms with E-state index in [9.17, 15) is 15.0 Å². The van der Waals surface area contributed by atoms with Crippen LogP contribution in [0.25, 0.3) is 0 Å². The van der Waals surface area contributed by atoms with Crippen molar-refractivity contribution in [1.82, 2.24) is 10.2 Å². The van der Waals surface area contributed by atoms with Gasteiger partial charge in [0.1, 0.15) is 0 Å². The Balaban J connectivity index is 1.28. The second-order valence-corrected chi connectivity index (χ2v) is 11.2. The van der Waals surface area contributed by atoms with Crippen LogP contribution in [0.2, 0.25) is 0 Å². The minimum atomic E-state index is -0.626. The number of nitrogens with one attached hydrogen (secondary N) is 1. The van der Waals surface area contributed by atoms with Crippen LogP contribution < -0.4 is 5.32 Å². The van der Waals surface area contributed by atoms with Gasteiger partial charge >= 0.3 is 0 Å². The third-order valence-electron chi connectivity index (χ3n) is 8.14. The molecule has 1 aliphatic rings. The number of ether oxygens (including phenoxy) is 2. The van der Waals surface area contributed by atoms with Gasteiger partial charge in [0.25, 0.3) is 5.91 Å². The Labute approximate surface area is 253 Å². The molecule has 7 heteroatoms. The maximum Gasteiger partial charge on any atom is 0.251 e. The van der Waals surface area contributed by atoms with Crippen molar-refractivity contribution >= 4 is 5.91 Å². The maximum absolute atomic E-state index is 12.5. The van der Waals surface area contributed by atoms with Crippen molar-refractivity contribution in [2.75, 3.05) is 13.6 Å². The van der Waals surface area contributed by atoms with Crippen LogP contribution in [-0.2, 0) is 22.6 Å². The standard InChI is InChI=1S/C36H40N2O5/c1-25(34(40)29-9-5-3-6-10-29)38(2)23-32-21-33(28-17-15-27(24-39)16-18-28)43-36(42-32)31-19-13-26(14-20-31)22-37-35(41)30-11-7-4-8-12-30/h3-20,25,32-34,36,39-40H,21-24H2,1-2H3,(H,37,41)/t25-,32-,33+,34-,36+/m1/s1. The summed E-state index contributed by atoms with van der Waals surface area (Å²) in [5.41, 5.74) is 5.25. The number of hydrogen-bond donors (Lipinski definition) is 3. The molecule has 1 aliphatic heterocycles. The highest BCUT2D eigenvalue weighted by Crippen LogP contribution is 2.38. The van der Waals surface area contributed by atoms with Crippen molar-refractivity contribution in [1.29, 1.82) is 0 Å². The number of likely N-dealkylation sites (N-methyl/N-ethyl adjacent to an activating group) is 1. The molecule has 7 nitrogen and oxygen atoms in total. The van der Waals surface area contributed by atoms with Gasteiger partial charge in [0, 0.05) is 36.7 Å². The fourth-order valence-corrected chi connectivity index (χ4v) is 5.36. The number of nitrogens with zero attached hydrogens (tertiary/aromatic N) is 1. The number of hydrogen-bond acceptors (Lipinski definition) is 6. The minimum absolute atomic E-state index is 0.00919. The monoisotopic (exact) mass is 580 g/mol. The molecule has 1 amide bonds. The molecule has 224 valence electrons. The highest BCUT2D eigenvalue weighted by molar-refractivity contribution is 5.94. The zero-order valence-corrected chi connectivity index (χ0v) is 24.7. The van der Waals surface area contributed by atoms with E-state index in [0.29, 0.717) is 25.1 Å². The molecular formula is C36H40N2O5. The summed E-state index contributed by atoms with van der Waals surface area (Å²) in [6.07, 6.45) is -0.918. The van der Waals surface area contributed by atoms with Crippen molar-refractivity contribution in [3.05, 3.63) is 143 Å². The lowest BCUT2D eigenvalue weighted by molar-refractivity contribution is -0.253. The molecule has 1 saturated heterocycles. The van der Waals surface area contributed by atoms with Gasteiger partial charge in [0.2, 0.25) is 0 Å². The zero-order valence-electron chi connectivity index (χ0n) is 24.7. The van der Waals surface area contributed by atoms with E-state index in [0.717, 1.165) is 27.8 Å². The topological polar surface area (TPSA) is 91.3 Å². The molecule has 0 aromatic heterocycles. The van der Waals surface area contributed by atoms with E-state index in [-0.39, 0.29) is 30.8 Å². The largest absolute Gasteiger partial charge is 0.392 e. The first-order chi connectivity index (χ1) is 20.9. The molecule has 5 atom stereocenters. The first-order valence-electron chi connectivity index (χ1n) is 14.8. The van der Waals surface area contributed by atoms with Crippen molar-refractivity contribution < 1.29 is 24.5 Å². The van der Waals surface area contributed by atoms with Gasteiger partial charge in [-0.05, 0) is 48.4 Å². The Morgan fingerprint density at radius 2 is 1.47 bits per heavy atom. The van der Waals surface area contributed by atoms with Crippen molar-refractivity contribution in [3.8, 4) is 0 Å². The fraction of sp³-hybridized carbons (Fsp3) is 0.306. The van der Waals surface area contributed by atoms with Crippen LogP contribution in [0.5, 0.6) is 0 Å². The molecule has 4 aromatic carbocycles. The SMILES string of the molecule is C[C@H]([C@@H](O)c1ccccc1)N(C)C[C@H]1C[C@@H](c2ccc(CO)cc2)O[C@@H](c2ccc(CNC(=O)c3ccccc3)cc2)O1. The Kier molecular flexibility index (Phi) is 10.4. The zero-order chi connectivity index (χ0) is 30.2. The average molecular weight is 581 g/mol. The van der Waals surface area contributed by atoms with Crippen molar-refractivity contribution in [3.63, 3.8) is 0 Å². The predicted molar refractivity (Wildman–Crippen MR) is 166 cm³/mol. The summed E-state index contributed by atoms with van der Waals surface area (Å²) in [5.74, 6) is -0.114. The number of aliphatic hydroxyl groups excluding tert-OH is 2. The molecule has 4 aromatic rings. The van der Waals surface area contributed by atoms with Gasteiger partial charge in [-0.25, -0.2) is 0 Å². The van der Waals surface area contributed by atoms with E-state index < -0.39 is 12.4 Å². The third-order valence-corrected chi connectivity index (χ3v) is 8.14. The molecule has 5 rings (SSSR count). The maximum atomic E-state index is 12.5. The number of carbonyl (C=O) groups excluding carboxylic acids is 1. The number of benzene rings is 4. The fourth-order valence-electron chi connectivity index (χ4n) is 5.36. The van der Waals surface area contributed by atoms with E-state index in [4.69, 9.17) is 9.47 Å². The molecule has 3 N–H and O–H groups in total. The highest BCUT2D eigenvalue weighted by Gasteiger charge is 2.34. The van der Waals surface area contributed by atoms with Gasteiger partial charge in [0.15, 0.2) is 6.29 Å². The smallest absolute Gasteiger partial charge is 0.251 e. The first-order valence-corrected chi connectivity index (χ1v) is 14.8. The van der Waals surface area contributed by atoms with Crippen LogP contribution in [0.3, 0.4) is 0 Å². The molecule has 0 saturated carbocycles. The van der Waals surface area contributed by atoms with Gasteiger partial charge < -0.3 is 25.0 Å². The second kappa shape index (κ2) is 14.6. The summed E-state index contributed by atoms with van der Waals surface area (Å²) in [6, 6.07) is 34.5. The summed E-state index contributed by atoms with van der Waals surface area (Å²) in [7, 11) is 2.01. The van der Waals surface area contributed by atoms with Crippen molar-refractivity contribution in [2.45, 2.75) is 57.1 Å². The van der Waals surface area contributed by atoms with Crippen molar-refractivity contribution in [2.24, 2.45) is 0 Å². The second-order valence-electron chi connectivity index (χ2n) is 11.2. The van der Waals surface area contributed by atoms with E-state index in [2.05, 4.69) is 10.2 Å². The Morgan fingerprint density at radius 1 is 0.860 bits per heavy atom. The van der Waals surface area contributed by atoms with Crippen LogP contribution in [0.15, 0.2) is 109 Å². The molecule has 0 spiro atoms. The van der Waals surface area contributed by atoms with E-state index in [1.165, 1.54) is 0 Å². The minimum Gasteiger partial charge on any atom is -0.392 e. The van der Waals surface area contributed by atoms with Gasteiger partial charge in [-0.2, -0.15) is 0 Å². The van der Waals surface area contributed by atoms with E-state index >= 15 is 0 Å². The van der Waals surface area contributed by atoms with Crippen LogP contribution in [0.1, 0.15) is 70.0 Å². The third kappa shape index (κ3) is 7.96. The van der Waals surface area contributed by atoms with Gasteiger partial charge in [0.05, 0.1) is 24.9 Å². The average Bonchev–Trinajstić information content (AvgIpc) is 3.07. The molecule has 0 unspecified atom stereocenters. The van der Waals surface area contributed by atoms with E-state index in [1.807, 2.05) is 111 Å². The first kappa shape index (κ1) is 30.6. The summed E-state index contributed by atoms with van der Waals surface area (Å²) >= 11 is 0. The van der Waals surface area contributed by atoms with Gasteiger partial charge in [-0.1, -0.05) is 97.1 Å². The Hall–Kier alpha value is -3.85. The molecule has 0 aliphatic carbocycles. The number of amides is 1. The van der Waals surface area contributed by atoms with Crippen LogP contribution in [0.4, 0.5) is 0 Å². The lowest BCUT2D eigenvalue weighted by Crippen LogP contribution is -2.43. The molecule has 1 heterocycles. The number of rotatable bonds is 11. The summed E-state index contributed by atoms with van der Waals surface area (Å²) in [4.78, 5) is 14.6. The molecule has 0 bridgehead atoms. The van der Waals surface area contributed by atoms with Gasteiger partial charge in [-0.3, -0.25) is 9.69 Å². The summed E-state index contributed by atoms with van der Waals surface area (Å²) < 4.78 is 13.0. The van der Waals surface area contributed by atoms with Gasteiger partial charge in [-0.15, -0.1) is 0 Å². The lowest BCUT2D eigenvalue weighted by atomic mass is 9.98. The number of carbonyl (C=O) groups is 1. The van der Waals surface area contributed by atoms with Crippen LogP contribution in [0, 0.1) is 0 Å². The molecule has 43 heavy (non-hydrogen) atoms. The highest BCUT2D eigenvalue weighted by atomic mass is 16.7. The van der Waals surface area contributed by atoms with E-state index in [1.54, 1.807) is 12.1 Å². The Bertz CT molecular complexity index is 1430. The molecule has 1 fully saturated rings. The number of aliphatic hydroxyl groups is 2. The van der Waals surface area contributed by atoms with Crippen LogP contribution in [-0.4, -0.2) is 46.8 Å². The normalized spacial score (nSPS) is 20.0. The lowest BCUT2D eigenvalue weighted by Gasteiger charge is -2.39.